The van der Waals surface area contributed by atoms with Gasteiger partial charge in [0.2, 0.25) is 11.8 Å². The van der Waals surface area contributed by atoms with E-state index in [4.69, 9.17) is 8.37 Å². The van der Waals surface area contributed by atoms with Crippen molar-refractivity contribution in [2.45, 2.75) is 13.8 Å². The number of amides is 2. The predicted octanol–water partition coefficient (Wildman–Crippen LogP) is 0.141. The fourth-order valence-corrected chi connectivity index (χ4v) is 2.11. The van der Waals surface area contributed by atoms with Crippen LogP contribution in [0.1, 0.15) is 13.8 Å². The SMILES string of the molecule is C=CC(=O)NCC(C)COS(=O)(=O)OCC(C)CNC(=O)C=C. The van der Waals surface area contributed by atoms with E-state index in [-0.39, 0.29) is 50.0 Å². The van der Waals surface area contributed by atoms with Crippen LogP contribution in [0, 0.1) is 11.8 Å². The molecule has 2 amide bonds. The summed E-state index contributed by atoms with van der Waals surface area (Å²) in [5.74, 6) is -1.12. The lowest BCUT2D eigenvalue weighted by Gasteiger charge is -2.14. The van der Waals surface area contributed by atoms with Gasteiger partial charge >= 0.3 is 10.4 Å². The van der Waals surface area contributed by atoms with E-state index < -0.39 is 10.4 Å². The Morgan fingerprint density at radius 2 is 1.30 bits per heavy atom. The van der Waals surface area contributed by atoms with Crippen molar-refractivity contribution < 1.29 is 26.4 Å². The molecule has 0 aliphatic carbocycles. The largest absolute Gasteiger partial charge is 0.399 e. The molecule has 0 saturated heterocycles. The van der Waals surface area contributed by atoms with Gasteiger partial charge in [-0.25, -0.2) is 8.37 Å². The molecule has 0 rings (SSSR count). The van der Waals surface area contributed by atoms with Gasteiger partial charge in [0.15, 0.2) is 0 Å². The smallest absolute Gasteiger partial charge is 0.352 e. The number of carbonyl (C=O) groups excluding carboxylic acids is 2. The van der Waals surface area contributed by atoms with Gasteiger partial charge in [-0.2, -0.15) is 8.42 Å². The second kappa shape index (κ2) is 10.9. The Kier molecular flexibility index (Phi) is 10.1. The summed E-state index contributed by atoms with van der Waals surface area (Å²) in [4.78, 5) is 22.0. The highest BCUT2D eigenvalue weighted by Gasteiger charge is 2.16. The van der Waals surface area contributed by atoms with Crippen LogP contribution in [-0.4, -0.2) is 46.5 Å². The van der Waals surface area contributed by atoms with E-state index in [1.165, 1.54) is 0 Å². The molecule has 132 valence electrons. The molecule has 2 unspecified atom stereocenters. The highest BCUT2D eigenvalue weighted by molar-refractivity contribution is 7.81. The first-order valence-electron chi connectivity index (χ1n) is 7.04. The van der Waals surface area contributed by atoms with E-state index in [0.29, 0.717) is 0 Å². The van der Waals surface area contributed by atoms with Gasteiger partial charge in [0.1, 0.15) is 0 Å². The van der Waals surface area contributed by atoms with Crippen LogP contribution in [0.5, 0.6) is 0 Å². The van der Waals surface area contributed by atoms with E-state index >= 15 is 0 Å². The fourth-order valence-electron chi connectivity index (χ4n) is 1.24. The first-order chi connectivity index (χ1) is 10.7. The zero-order valence-electron chi connectivity index (χ0n) is 13.4. The van der Waals surface area contributed by atoms with Crippen molar-refractivity contribution in [3.8, 4) is 0 Å². The van der Waals surface area contributed by atoms with E-state index in [2.05, 4.69) is 23.8 Å². The topological polar surface area (TPSA) is 111 Å². The van der Waals surface area contributed by atoms with Crippen LogP contribution in [0.4, 0.5) is 0 Å². The van der Waals surface area contributed by atoms with E-state index in [9.17, 15) is 18.0 Å². The Balaban J connectivity index is 4.04. The molecular formula is C14H24N2O6S. The van der Waals surface area contributed by atoms with Crippen molar-refractivity contribution in [1.82, 2.24) is 10.6 Å². The van der Waals surface area contributed by atoms with Gasteiger partial charge in [-0.05, 0) is 24.0 Å². The van der Waals surface area contributed by atoms with Gasteiger partial charge < -0.3 is 10.6 Å². The Labute approximate surface area is 137 Å². The van der Waals surface area contributed by atoms with Gasteiger partial charge in [0, 0.05) is 13.1 Å². The zero-order chi connectivity index (χ0) is 17.9. The summed E-state index contributed by atoms with van der Waals surface area (Å²) in [6.07, 6.45) is 2.25. The number of carbonyl (C=O) groups is 2. The molecule has 2 atom stereocenters. The molecule has 0 aliphatic heterocycles. The third-order valence-corrected chi connectivity index (χ3v) is 3.46. The first-order valence-corrected chi connectivity index (χ1v) is 8.37. The molecule has 0 heterocycles. The summed E-state index contributed by atoms with van der Waals surface area (Å²) in [7, 11) is -4.13. The van der Waals surface area contributed by atoms with Crippen LogP contribution in [-0.2, 0) is 28.4 Å². The molecule has 0 aromatic rings. The van der Waals surface area contributed by atoms with E-state index in [1.807, 2.05) is 0 Å². The van der Waals surface area contributed by atoms with Crippen LogP contribution >= 0.6 is 0 Å². The summed E-state index contributed by atoms with van der Waals surface area (Å²) in [5, 5.41) is 5.06. The highest BCUT2D eigenvalue weighted by atomic mass is 32.3. The lowest BCUT2D eigenvalue weighted by molar-refractivity contribution is -0.117. The van der Waals surface area contributed by atoms with Crippen LogP contribution < -0.4 is 10.6 Å². The van der Waals surface area contributed by atoms with Gasteiger partial charge in [-0.1, -0.05) is 27.0 Å². The maximum atomic E-state index is 11.6. The average Bonchev–Trinajstić information content (AvgIpc) is 2.53. The van der Waals surface area contributed by atoms with Crippen LogP contribution in [0.25, 0.3) is 0 Å². The standard InChI is InChI=1S/C14H24N2O6S/c1-5-13(17)15-7-11(3)9-21-23(19,20)22-10-12(4)8-16-14(18)6-2/h5-6,11-12H,1-2,7-10H2,3-4H3,(H,15,17)(H,16,18). The normalized spacial score (nSPS) is 13.7. The molecule has 0 bridgehead atoms. The summed E-state index contributed by atoms with van der Waals surface area (Å²) >= 11 is 0. The average molecular weight is 348 g/mol. The summed E-state index contributed by atoms with van der Waals surface area (Å²) in [5.41, 5.74) is 0. The van der Waals surface area contributed by atoms with Crippen LogP contribution in [0.3, 0.4) is 0 Å². The molecule has 0 aromatic heterocycles. The van der Waals surface area contributed by atoms with Crippen molar-refractivity contribution in [2.24, 2.45) is 11.8 Å². The van der Waals surface area contributed by atoms with Crippen LogP contribution in [0.2, 0.25) is 0 Å². The number of hydrogen-bond acceptors (Lipinski definition) is 6. The Bertz CT molecular complexity index is 477. The molecule has 8 nitrogen and oxygen atoms in total. The third-order valence-electron chi connectivity index (χ3n) is 2.61. The first kappa shape index (κ1) is 21.3. The fraction of sp³-hybridized carbons (Fsp3) is 0.571. The molecule has 23 heavy (non-hydrogen) atoms. The number of hydrogen-bond donors (Lipinski definition) is 2. The highest BCUT2D eigenvalue weighted by Crippen LogP contribution is 2.04. The second-order valence-corrected chi connectivity index (χ2v) is 6.37. The minimum atomic E-state index is -4.13. The van der Waals surface area contributed by atoms with E-state index in [0.717, 1.165) is 12.2 Å². The maximum Gasteiger partial charge on any atom is 0.399 e. The minimum Gasteiger partial charge on any atom is -0.352 e. The predicted molar refractivity (Wildman–Crippen MR) is 85.6 cm³/mol. The van der Waals surface area contributed by atoms with Crippen LogP contribution in [0.15, 0.2) is 25.3 Å². The molecule has 9 heteroatoms. The zero-order valence-corrected chi connectivity index (χ0v) is 14.2. The maximum absolute atomic E-state index is 11.6. The molecular weight excluding hydrogens is 324 g/mol. The van der Waals surface area contributed by atoms with E-state index in [1.54, 1.807) is 13.8 Å². The van der Waals surface area contributed by atoms with Crippen molar-refractivity contribution in [1.29, 1.82) is 0 Å². The van der Waals surface area contributed by atoms with Crippen molar-refractivity contribution in [2.75, 3.05) is 26.3 Å². The molecule has 0 radical (unpaired) electrons. The summed E-state index contributed by atoms with van der Waals surface area (Å²) in [6, 6.07) is 0. The summed E-state index contributed by atoms with van der Waals surface area (Å²) in [6.45, 7) is 10.3. The lowest BCUT2D eigenvalue weighted by Crippen LogP contribution is -2.30. The molecule has 0 saturated carbocycles. The third kappa shape index (κ3) is 11.5. The van der Waals surface area contributed by atoms with Crippen molar-refractivity contribution >= 4 is 22.2 Å². The van der Waals surface area contributed by atoms with Gasteiger partial charge in [0.05, 0.1) is 13.2 Å². The van der Waals surface area contributed by atoms with Crippen molar-refractivity contribution in [3.05, 3.63) is 25.3 Å². The van der Waals surface area contributed by atoms with Crippen molar-refractivity contribution in [3.63, 3.8) is 0 Å². The Hall–Kier alpha value is -1.71. The Morgan fingerprint density at radius 1 is 0.957 bits per heavy atom. The van der Waals surface area contributed by atoms with Gasteiger partial charge in [-0.3, -0.25) is 9.59 Å². The van der Waals surface area contributed by atoms with Gasteiger partial charge in [-0.15, -0.1) is 0 Å². The lowest BCUT2D eigenvalue weighted by atomic mass is 10.2. The monoisotopic (exact) mass is 348 g/mol. The Morgan fingerprint density at radius 3 is 1.61 bits per heavy atom. The molecule has 0 fully saturated rings. The quantitative estimate of drug-likeness (QED) is 0.485. The molecule has 2 N–H and O–H groups in total. The van der Waals surface area contributed by atoms with Gasteiger partial charge in [0.25, 0.3) is 0 Å². The summed E-state index contributed by atoms with van der Waals surface area (Å²) < 4.78 is 32.6. The molecule has 0 aliphatic rings. The second-order valence-electron chi connectivity index (χ2n) is 5.09. The molecule has 0 aromatic carbocycles. The number of rotatable bonds is 12. The molecule has 0 spiro atoms. The number of nitrogens with one attached hydrogen (secondary N) is 2. The minimum absolute atomic E-state index is 0.124.